The van der Waals surface area contributed by atoms with Gasteiger partial charge in [0.25, 0.3) is 0 Å². The molecule has 0 radical (unpaired) electrons. The van der Waals surface area contributed by atoms with Crippen LogP contribution in [0.3, 0.4) is 0 Å². The van der Waals surface area contributed by atoms with E-state index in [1.807, 2.05) is 6.07 Å². The molecule has 88 valence electrons. The van der Waals surface area contributed by atoms with Crippen molar-refractivity contribution in [3.8, 4) is 0 Å². The first-order valence-electron chi connectivity index (χ1n) is 5.79. The number of hydrogen-bond donors (Lipinski definition) is 0. The van der Waals surface area contributed by atoms with Crippen LogP contribution < -0.4 is 0 Å². The van der Waals surface area contributed by atoms with E-state index in [-0.39, 0.29) is 6.10 Å². The van der Waals surface area contributed by atoms with Gasteiger partial charge in [0.1, 0.15) is 6.10 Å². The molecule has 4 heteroatoms. The van der Waals surface area contributed by atoms with Crippen molar-refractivity contribution < 1.29 is 4.74 Å². The Labute approximate surface area is 108 Å². The fraction of sp³-hybridized carbons (Fsp3) is 0.385. The third-order valence-electron chi connectivity index (χ3n) is 3.09. The van der Waals surface area contributed by atoms with Gasteiger partial charge in [0, 0.05) is 12.0 Å². The number of aromatic nitrogens is 2. The summed E-state index contributed by atoms with van der Waals surface area (Å²) in [6, 6.07) is 6.25. The van der Waals surface area contributed by atoms with E-state index in [0.717, 1.165) is 36.0 Å². The maximum atomic E-state index is 5.73. The van der Waals surface area contributed by atoms with Gasteiger partial charge in [-0.15, -0.1) is 0 Å². The van der Waals surface area contributed by atoms with Gasteiger partial charge in [-0.3, -0.25) is 0 Å². The lowest BCUT2D eigenvalue weighted by molar-refractivity contribution is 0.109. The van der Waals surface area contributed by atoms with E-state index < -0.39 is 0 Å². The fourth-order valence-corrected chi connectivity index (χ4v) is 2.66. The van der Waals surface area contributed by atoms with Crippen LogP contribution in [0.5, 0.6) is 0 Å². The molecule has 0 amide bonds. The van der Waals surface area contributed by atoms with E-state index in [1.54, 1.807) is 0 Å². The first-order chi connectivity index (χ1) is 8.24. The molecule has 0 spiro atoms. The van der Waals surface area contributed by atoms with Crippen molar-refractivity contribution >= 4 is 26.8 Å². The minimum absolute atomic E-state index is 0.124. The fourth-order valence-electron chi connectivity index (χ4n) is 2.28. The van der Waals surface area contributed by atoms with Gasteiger partial charge in [-0.25, -0.2) is 9.97 Å². The van der Waals surface area contributed by atoms with E-state index >= 15 is 0 Å². The molecule has 1 fully saturated rings. The minimum atomic E-state index is 0.124. The van der Waals surface area contributed by atoms with Gasteiger partial charge in [0.05, 0.1) is 11.2 Å². The molecule has 1 aromatic heterocycles. The minimum Gasteiger partial charge on any atom is -0.372 e. The molecule has 1 aliphatic rings. The van der Waals surface area contributed by atoms with Crippen LogP contribution in [0, 0.1) is 6.92 Å². The number of ether oxygens (including phenoxy) is 1. The average molecular weight is 293 g/mol. The molecule has 0 bridgehead atoms. The van der Waals surface area contributed by atoms with Crippen molar-refractivity contribution in [1.29, 1.82) is 0 Å². The Bertz CT molecular complexity index is 565. The number of rotatable bonds is 1. The Morgan fingerprint density at radius 2 is 2.24 bits per heavy atom. The summed E-state index contributed by atoms with van der Waals surface area (Å²) in [6.07, 6.45) is 2.28. The molecule has 3 rings (SSSR count). The van der Waals surface area contributed by atoms with Gasteiger partial charge in [0.2, 0.25) is 0 Å². The van der Waals surface area contributed by atoms with Crippen molar-refractivity contribution in [2.75, 3.05) is 6.61 Å². The zero-order valence-electron chi connectivity index (χ0n) is 9.61. The van der Waals surface area contributed by atoms with Crippen LogP contribution in [0.2, 0.25) is 0 Å². The second kappa shape index (κ2) is 4.35. The van der Waals surface area contributed by atoms with Crippen LogP contribution in [0.1, 0.15) is 30.2 Å². The Kier molecular flexibility index (Phi) is 2.84. The summed E-state index contributed by atoms with van der Waals surface area (Å²) < 4.78 is 6.37. The van der Waals surface area contributed by atoms with Gasteiger partial charge in [-0.05, 0) is 47.8 Å². The topological polar surface area (TPSA) is 35.0 Å². The summed E-state index contributed by atoms with van der Waals surface area (Å²) in [7, 11) is 0. The van der Waals surface area contributed by atoms with Crippen LogP contribution in [-0.2, 0) is 4.74 Å². The van der Waals surface area contributed by atoms with E-state index in [4.69, 9.17) is 4.74 Å². The highest BCUT2D eigenvalue weighted by Gasteiger charge is 2.22. The summed E-state index contributed by atoms with van der Waals surface area (Å²) >= 11 is 3.37. The predicted molar refractivity (Wildman–Crippen MR) is 69.9 cm³/mol. The summed E-state index contributed by atoms with van der Waals surface area (Å²) in [4.78, 5) is 8.90. The van der Waals surface area contributed by atoms with Crippen molar-refractivity contribution in [1.82, 2.24) is 9.97 Å². The SMILES string of the molecule is Cc1ccc2nc(Br)nc(C3CCCO3)c2c1. The molecule has 0 saturated carbocycles. The highest BCUT2D eigenvalue weighted by molar-refractivity contribution is 9.10. The first-order valence-corrected chi connectivity index (χ1v) is 6.59. The molecule has 3 nitrogen and oxygen atoms in total. The van der Waals surface area contributed by atoms with E-state index in [2.05, 4.69) is 45.0 Å². The largest absolute Gasteiger partial charge is 0.372 e. The molecule has 1 unspecified atom stereocenters. The van der Waals surface area contributed by atoms with Crippen molar-refractivity contribution in [2.45, 2.75) is 25.9 Å². The van der Waals surface area contributed by atoms with Crippen LogP contribution in [-0.4, -0.2) is 16.6 Å². The molecular formula is C13H13BrN2O. The standard InChI is InChI=1S/C13H13BrN2O/c1-8-4-5-10-9(7-8)12(16-13(14)15-10)11-3-2-6-17-11/h4-5,7,11H,2-3,6H2,1H3. The maximum Gasteiger partial charge on any atom is 0.197 e. The quantitative estimate of drug-likeness (QED) is 0.754. The third kappa shape index (κ3) is 2.07. The summed E-state index contributed by atoms with van der Waals surface area (Å²) in [5.41, 5.74) is 3.22. The summed E-state index contributed by atoms with van der Waals surface area (Å²) in [6.45, 7) is 2.92. The van der Waals surface area contributed by atoms with Crippen LogP contribution in [0.25, 0.3) is 10.9 Å². The van der Waals surface area contributed by atoms with E-state index in [9.17, 15) is 0 Å². The van der Waals surface area contributed by atoms with Gasteiger partial charge in [-0.2, -0.15) is 0 Å². The summed E-state index contributed by atoms with van der Waals surface area (Å²) in [5.74, 6) is 0. The molecule has 0 aliphatic carbocycles. The molecule has 1 atom stereocenters. The molecule has 2 aromatic rings. The van der Waals surface area contributed by atoms with Gasteiger partial charge in [-0.1, -0.05) is 11.6 Å². The highest BCUT2D eigenvalue weighted by atomic mass is 79.9. The predicted octanol–water partition coefficient (Wildman–Crippen LogP) is 3.55. The van der Waals surface area contributed by atoms with Crippen LogP contribution in [0.15, 0.2) is 22.9 Å². The lowest BCUT2D eigenvalue weighted by Crippen LogP contribution is -2.02. The molecule has 1 aromatic carbocycles. The Hall–Kier alpha value is -1.00. The van der Waals surface area contributed by atoms with Crippen LogP contribution >= 0.6 is 15.9 Å². The number of halogens is 1. The Morgan fingerprint density at radius 3 is 3.00 bits per heavy atom. The second-order valence-corrected chi connectivity index (χ2v) is 5.11. The molecule has 2 heterocycles. The number of fused-ring (bicyclic) bond motifs is 1. The zero-order valence-corrected chi connectivity index (χ0v) is 11.2. The third-order valence-corrected chi connectivity index (χ3v) is 3.44. The normalized spacial score (nSPS) is 20.0. The van der Waals surface area contributed by atoms with E-state index in [1.165, 1.54) is 5.56 Å². The highest BCUT2D eigenvalue weighted by Crippen LogP contribution is 2.32. The van der Waals surface area contributed by atoms with Crippen molar-refractivity contribution in [3.05, 3.63) is 34.2 Å². The van der Waals surface area contributed by atoms with E-state index in [0.29, 0.717) is 4.73 Å². The lowest BCUT2D eigenvalue weighted by Gasteiger charge is -2.12. The number of aryl methyl sites for hydroxylation is 1. The van der Waals surface area contributed by atoms with Crippen LogP contribution in [0.4, 0.5) is 0 Å². The van der Waals surface area contributed by atoms with Crippen molar-refractivity contribution in [2.24, 2.45) is 0 Å². The maximum absolute atomic E-state index is 5.73. The number of hydrogen-bond acceptors (Lipinski definition) is 3. The monoisotopic (exact) mass is 292 g/mol. The lowest BCUT2D eigenvalue weighted by atomic mass is 10.1. The zero-order chi connectivity index (χ0) is 11.8. The molecule has 1 aliphatic heterocycles. The Morgan fingerprint density at radius 1 is 1.35 bits per heavy atom. The average Bonchev–Trinajstić information content (AvgIpc) is 2.82. The smallest absolute Gasteiger partial charge is 0.197 e. The molecule has 0 N–H and O–H groups in total. The second-order valence-electron chi connectivity index (χ2n) is 4.40. The van der Waals surface area contributed by atoms with Crippen molar-refractivity contribution in [3.63, 3.8) is 0 Å². The van der Waals surface area contributed by atoms with Gasteiger partial charge >= 0.3 is 0 Å². The molecule has 17 heavy (non-hydrogen) atoms. The summed E-state index contributed by atoms with van der Waals surface area (Å²) in [5, 5.41) is 1.11. The molecule has 1 saturated heterocycles. The van der Waals surface area contributed by atoms with Gasteiger partial charge in [0.15, 0.2) is 4.73 Å². The number of benzene rings is 1. The van der Waals surface area contributed by atoms with Gasteiger partial charge < -0.3 is 4.74 Å². The Balaban J connectivity index is 2.23. The number of nitrogens with zero attached hydrogens (tertiary/aromatic N) is 2. The molecular weight excluding hydrogens is 280 g/mol. The first kappa shape index (κ1) is 11.1.